The molecule has 1 atom stereocenters. The molecule has 2 N–H and O–H groups in total. The summed E-state index contributed by atoms with van der Waals surface area (Å²) in [7, 11) is 1.80. The number of piperidine rings is 1. The quantitative estimate of drug-likeness (QED) is 0.337. The van der Waals surface area contributed by atoms with E-state index < -0.39 is 0 Å². The molecule has 1 aliphatic carbocycles. The number of halogens is 2. The predicted molar refractivity (Wildman–Crippen MR) is 128 cm³/mol. The minimum atomic E-state index is -0.253. The first kappa shape index (κ1) is 24.2. The lowest BCUT2D eigenvalue weighted by atomic mass is 9.92. The minimum Gasteiger partial charge on any atom is -0.489 e. The number of hydrogen-bond donors (Lipinski definition) is 2. The van der Waals surface area contributed by atoms with E-state index in [9.17, 15) is 4.39 Å². The zero-order valence-corrected chi connectivity index (χ0v) is 20.0. The van der Waals surface area contributed by atoms with E-state index in [1.165, 1.54) is 70.2 Å². The number of nitrogens with one attached hydrogen (secondary N) is 2. The first-order valence-corrected chi connectivity index (χ1v) is 10.8. The Hall–Kier alpha value is -1.09. The Balaban J connectivity index is 0.00000300. The summed E-state index contributed by atoms with van der Waals surface area (Å²) in [6.07, 6.45) is 9.27. The SMILES string of the molecule is CN=C(NCC(C)Oc1ccc(F)cc1)NC1CCN(C2CCCCC2)CC1.I. The standard InChI is InChI=1S/C22H35FN4O.HI/c1-17(28-21-10-8-18(23)9-11-21)16-25-22(24-2)26-19-12-14-27(15-13-19)20-6-4-3-5-7-20;/h8-11,17,19-20H,3-7,12-16H2,1-2H3,(H2,24,25,26);1H. The fraction of sp³-hybridized carbons (Fsp3) is 0.682. The van der Waals surface area contributed by atoms with Gasteiger partial charge in [0, 0.05) is 32.2 Å². The second-order valence-electron chi connectivity index (χ2n) is 8.08. The molecule has 29 heavy (non-hydrogen) atoms. The molecule has 0 aromatic heterocycles. The highest BCUT2D eigenvalue weighted by Gasteiger charge is 2.26. The maximum atomic E-state index is 13.0. The van der Waals surface area contributed by atoms with Crippen LogP contribution in [0.5, 0.6) is 5.75 Å². The smallest absolute Gasteiger partial charge is 0.191 e. The van der Waals surface area contributed by atoms with Gasteiger partial charge in [0.05, 0.1) is 6.54 Å². The van der Waals surface area contributed by atoms with E-state index in [2.05, 4.69) is 20.5 Å². The van der Waals surface area contributed by atoms with Crippen LogP contribution in [-0.4, -0.2) is 55.7 Å². The lowest BCUT2D eigenvalue weighted by molar-refractivity contribution is 0.119. The molecule has 2 aliphatic rings. The number of likely N-dealkylation sites (tertiary alicyclic amines) is 1. The normalized spacial score (nSPS) is 20.6. The molecular formula is C22H36FIN4O. The first-order chi connectivity index (χ1) is 13.6. The lowest BCUT2D eigenvalue weighted by Crippen LogP contribution is -2.51. The summed E-state index contributed by atoms with van der Waals surface area (Å²) >= 11 is 0. The summed E-state index contributed by atoms with van der Waals surface area (Å²) in [4.78, 5) is 7.06. The van der Waals surface area contributed by atoms with E-state index in [-0.39, 0.29) is 35.9 Å². The van der Waals surface area contributed by atoms with Gasteiger partial charge in [-0.1, -0.05) is 19.3 Å². The fourth-order valence-electron chi connectivity index (χ4n) is 4.27. The molecule has 0 spiro atoms. The van der Waals surface area contributed by atoms with Crippen molar-refractivity contribution < 1.29 is 9.13 Å². The topological polar surface area (TPSA) is 48.9 Å². The molecule has 1 aliphatic heterocycles. The summed E-state index contributed by atoms with van der Waals surface area (Å²) < 4.78 is 18.8. The van der Waals surface area contributed by atoms with Gasteiger partial charge in [0.2, 0.25) is 0 Å². The Labute approximate surface area is 191 Å². The monoisotopic (exact) mass is 518 g/mol. The summed E-state index contributed by atoms with van der Waals surface area (Å²) in [5, 5.41) is 6.91. The fourth-order valence-corrected chi connectivity index (χ4v) is 4.27. The highest BCUT2D eigenvalue weighted by molar-refractivity contribution is 14.0. The first-order valence-electron chi connectivity index (χ1n) is 10.8. The molecule has 1 unspecified atom stereocenters. The van der Waals surface area contributed by atoms with Gasteiger partial charge in [-0.2, -0.15) is 0 Å². The average Bonchev–Trinajstić information content (AvgIpc) is 2.74. The van der Waals surface area contributed by atoms with Crippen LogP contribution in [0.4, 0.5) is 4.39 Å². The second kappa shape index (κ2) is 12.6. The van der Waals surface area contributed by atoms with Crippen molar-refractivity contribution in [2.75, 3.05) is 26.7 Å². The molecule has 2 fully saturated rings. The van der Waals surface area contributed by atoms with Crippen molar-refractivity contribution in [1.82, 2.24) is 15.5 Å². The van der Waals surface area contributed by atoms with E-state index in [1.807, 2.05) is 6.92 Å². The molecule has 1 saturated carbocycles. The van der Waals surface area contributed by atoms with E-state index >= 15 is 0 Å². The van der Waals surface area contributed by atoms with Crippen LogP contribution in [0.1, 0.15) is 51.9 Å². The van der Waals surface area contributed by atoms with E-state index in [1.54, 1.807) is 19.2 Å². The van der Waals surface area contributed by atoms with Crippen LogP contribution >= 0.6 is 24.0 Å². The van der Waals surface area contributed by atoms with Crippen LogP contribution in [0, 0.1) is 5.82 Å². The molecule has 0 radical (unpaired) electrons. The Kier molecular flexibility index (Phi) is 10.5. The third-order valence-electron chi connectivity index (χ3n) is 5.89. The summed E-state index contributed by atoms with van der Waals surface area (Å²) in [5.74, 6) is 1.25. The van der Waals surface area contributed by atoms with E-state index in [0.29, 0.717) is 18.3 Å². The Morgan fingerprint density at radius 3 is 2.41 bits per heavy atom. The van der Waals surface area contributed by atoms with Crippen LogP contribution in [0.15, 0.2) is 29.3 Å². The third kappa shape index (κ3) is 7.92. The van der Waals surface area contributed by atoms with Crippen molar-refractivity contribution in [3.8, 4) is 5.75 Å². The zero-order chi connectivity index (χ0) is 19.8. The van der Waals surface area contributed by atoms with E-state index in [0.717, 1.165) is 12.0 Å². The Morgan fingerprint density at radius 2 is 1.79 bits per heavy atom. The number of hydrogen-bond acceptors (Lipinski definition) is 3. The van der Waals surface area contributed by atoms with Crippen molar-refractivity contribution in [2.24, 2.45) is 4.99 Å². The highest BCUT2D eigenvalue weighted by Crippen LogP contribution is 2.25. The van der Waals surface area contributed by atoms with Gasteiger partial charge in [-0.15, -0.1) is 24.0 Å². The third-order valence-corrected chi connectivity index (χ3v) is 5.89. The molecule has 1 saturated heterocycles. The molecular weight excluding hydrogens is 482 g/mol. The van der Waals surface area contributed by atoms with Crippen molar-refractivity contribution in [2.45, 2.75) is 70.1 Å². The van der Waals surface area contributed by atoms with Gasteiger partial charge < -0.3 is 20.3 Å². The lowest BCUT2D eigenvalue weighted by Gasteiger charge is -2.39. The van der Waals surface area contributed by atoms with Crippen LogP contribution in [0.25, 0.3) is 0 Å². The number of ether oxygens (including phenoxy) is 1. The van der Waals surface area contributed by atoms with Gasteiger partial charge in [0.1, 0.15) is 17.7 Å². The van der Waals surface area contributed by atoms with Gasteiger partial charge >= 0.3 is 0 Å². The minimum absolute atomic E-state index is 0. The van der Waals surface area contributed by atoms with Crippen LogP contribution < -0.4 is 15.4 Å². The van der Waals surface area contributed by atoms with Gasteiger partial charge in [0.15, 0.2) is 5.96 Å². The molecule has 5 nitrogen and oxygen atoms in total. The van der Waals surface area contributed by atoms with Crippen molar-refractivity contribution in [1.29, 1.82) is 0 Å². The van der Waals surface area contributed by atoms with Gasteiger partial charge in [-0.3, -0.25) is 4.99 Å². The van der Waals surface area contributed by atoms with Crippen LogP contribution in [0.2, 0.25) is 0 Å². The summed E-state index contributed by atoms with van der Waals surface area (Å²) in [5.41, 5.74) is 0. The molecule has 3 rings (SSSR count). The number of benzene rings is 1. The zero-order valence-electron chi connectivity index (χ0n) is 17.7. The van der Waals surface area contributed by atoms with Gasteiger partial charge in [-0.25, -0.2) is 4.39 Å². The van der Waals surface area contributed by atoms with Crippen molar-refractivity contribution in [3.63, 3.8) is 0 Å². The van der Waals surface area contributed by atoms with Gasteiger partial charge in [0.25, 0.3) is 0 Å². The molecule has 1 aromatic rings. The predicted octanol–water partition coefficient (Wildman–Crippen LogP) is 4.17. The average molecular weight is 518 g/mol. The van der Waals surface area contributed by atoms with Crippen LogP contribution in [-0.2, 0) is 0 Å². The number of aliphatic imine (C=N–C) groups is 1. The molecule has 7 heteroatoms. The Bertz CT molecular complexity index is 614. The Morgan fingerprint density at radius 1 is 1.14 bits per heavy atom. The van der Waals surface area contributed by atoms with Crippen molar-refractivity contribution >= 4 is 29.9 Å². The maximum Gasteiger partial charge on any atom is 0.191 e. The van der Waals surface area contributed by atoms with Crippen LogP contribution in [0.3, 0.4) is 0 Å². The molecule has 164 valence electrons. The largest absolute Gasteiger partial charge is 0.489 e. The number of guanidine groups is 1. The van der Waals surface area contributed by atoms with Gasteiger partial charge in [-0.05, 0) is 56.9 Å². The number of nitrogens with zero attached hydrogens (tertiary/aromatic N) is 2. The number of rotatable bonds is 6. The second-order valence-corrected chi connectivity index (χ2v) is 8.08. The molecule has 0 amide bonds. The molecule has 0 bridgehead atoms. The van der Waals surface area contributed by atoms with Crippen molar-refractivity contribution in [3.05, 3.63) is 30.1 Å². The summed E-state index contributed by atoms with van der Waals surface area (Å²) in [6.45, 7) is 5.00. The van der Waals surface area contributed by atoms with E-state index in [4.69, 9.17) is 4.74 Å². The molecule has 1 aromatic carbocycles. The molecule has 1 heterocycles. The highest BCUT2D eigenvalue weighted by atomic mass is 127. The maximum absolute atomic E-state index is 13.0. The summed E-state index contributed by atoms with van der Waals surface area (Å²) in [6, 6.07) is 7.42.